The van der Waals surface area contributed by atoms with Crippen LogP contribution in [0.25, 0.3) is 0 Å². The van der Waals surface area contributed by atoms with Gasteiger partial charge in [0.25, 0.3) is 0 Å². The van der Waals surface area contributed by atoms with Gasteiger partial charge in [-0.3, -0.25) is 4.79 Å². The van der Waals surface area contributed by atoms with Gasteiger partial charge in [0.05, 0.1) is 7.11 Å². The van der Waals surface area contributed by atoms with Crippen LogP contribution in [0.1, 0.15) is 30.9 Å². The van der Waals surface area contributed by atoms with Crippen molar-refractivity contribution in [3.63, 3.8) is 0 Å². The Bertz CT molecular complexity index is 584. The van der Waals surface area contributed by atoms with E-state index >= 15 is 0 Å². The lowest BCUT2D eigenvalue weighted by Crippen LogP contribution is -2.38. The maximum absolute atomic E-state index is 12.6. The molecule has 0 spiro atoms. The molecule has 0 aliphatic carbocycles. The van der Waals surface area contributed by atoms with E-state index in [4.69, 9.17) is 4.74 Å². The number of phenols is 2. The highest BCUT2D eigenvalue weighted by molar-refractivity contribution is 5.87. The molecule has 4 heteroatoms. The first-order chi connectivity index (χ1) is 10.5. The number of carbonyl (C=O) groups is 1. The molecule has 0 saturated carbocycles. The monoisotopic (exact) mass is 300 g/mol. The summed E-state index contributed by atoms with van der Waals surface area (Å²) >= 11 is 0. The fraction of sp³-hybridized carbons (Fsp3) is 0.278. The van der Waals surface area contributed by atoms with Gasteiger partial charge >= 0.3 is 5.97 Å². The second-order valence-corrected chi connectivity index (χ2v) is 5.24. The molecule has 0 saturated heterocycles. The SMILES string of the molecule is CCCC(C(=O)OC)(c1ccc(O)cc1)c1ccc(O)cc1. The summed E-state index contributed by atoms with van der Waals surface area (Å²) in [7, 11) is 1.37. The van der Waals surface area contributed by atoms with Crippen molar-refractivity contribution in [1.82, 2.24) is 0 Å². The molecule has 4 nitrogen and oxygen atoms in total. The zero-order valence-electron chi connectivity index (χ0n) is 12.7. The largest absolute Gasteiger partial charge is 0.508 e. The standard InChI is InChI=1S/C18H20O4/c1-3-12-18(17(21)22-2,13-4-8-15(19)9-5-13)14-6-10-16(20)11-7-14/h4-11,19-20H,3,12H2,1-2H3. The molecule has 0 atom stereocenters. The highest BCUT2D eigenvalue weighted by atomic mass is 16.5. The third-order valence-electron chi connectivity index (χ3n) is 3.88. The Balaban J connectivity index is 2.67. The van der Waals surface area contributed by atoms with Gasteiger partial charge in [-0.1, -0.05) is 37.6 Å². The van der Waals surface area contributed by atoms with Gasteiger partial charge < -0.3 is 14.9 Å². The van der Waals surface area contributed by atoms with E-state index in [1.807, 2.05) is 6.92 Å². The highest BCUT2D eigenvalue weighted by Crippen LogP contribution is 2.39. The van der Waals surface area contributed by atoms with E-state index in [-0.39, 0.29) is 17.5 Å². The molecule has 116 valence electrons. The lowest BCUT2D eigenvalue weighted by atomic mass is 9.71. The van der Waals surface area contributed by atoms with Gasteiger partial charge in [0, 0.05) is 0 Å². The molecule has 2 aromatic carbocycles. The lowest BCUT2D eigenvalue weighted by molar-refractivity contribution is -0.146. The molecule has 0 unspecified atom stereocenters. The quantitative estimate of drug-likeness (QED) is 0.831. The fourth-order valence-electron chi connectivity index (χ4n) is 2.83. The molecule has 0 fully saturated rings. The van der Waals surface area contributed by atoms with Crippen LogP contribution in [0.4, 0.5) is 0 Å². The Labute approximate surface area is 130 Å². The second kappa shape index (κ2) is 6.52. The topological polar surface area (TPSA) is 66.8 Å². The zero-order valence-corrected chi connectivity index (χ0v) is 12.7. The first kappa shape index (κ1) is 15.9. The van der Waals surface area contributed by atoms with Crippen LogP contribution in [0.15, 0.2) is 48.5 Å². The van der Waals surface area contributed by atoms with E-state index < -0.39 is 5.41 Å². The van der Waals surface area contributed by atoms with E-state index in [2.05, 4.69) is 0 Å². The van der Waals surface area contributed by atoms with E-state index in [0.29, 0.717) is 6.42 Å². The maximum atomic E-state index is 12.6. The molecule has 0 aliphatic rings. The smallest absolute Gasteiger partial charge is 0.320 e. The number of aromatic hydroxyl groups is 2. The van der Waals surface area contributed by atoms with Gasteiger partial charge in [-0.15, -0.1) is 0 Å². The maximum Gasteiger partial charge on any atom is 0.320 e. The van der Waals surface area contributed by atoms with Gasteiger partial charge in [0.1, 0.15) is 16.9 Å². The van der Waals surface area contributed by atoms with Crippen molar-refractivity contribution < 1.29 is 19.7 Å². The molecule has 0 heterocycles. The molecule has 0 aromatic heterocycles. The molecule has 2 rings (SSSR count). The van der Waals surface area contributed by atoms with Crippen molar-refractivity contribution in [2.24, 2.45) is 0 Å². The summed E-state index contributed by atoms with van der Waals surface area (Å²) in [6, 6.07) is 13.2. The van der Waals surface area contributed by atoms with Crippen molar-refractivity contribution in [2.75, 3.05) is 7.11 Å². The zero-order chi connectivity index (χ0) is 16.2. The van der Waals surface area contributed by atoms with Crippen LogP contribution in [0.5, 0.6) is 11.5 Å². The van der Waals surface area contributed by atoms with Gasteiger partial charge in [-0.2, -0.15) is 0 Å². The number of methoxy groups -OCH3 is 1. The van der Waals surface area contributed by atoms with Crippen LogP contribution in [0.3, 0.4) is 0 Å². The molecule has 0 bridgehead atoms. The first-order valence-corrected chi connectivity index (χ1v) is 7.22. The molecule has 22 heavy (non-hydrogen) atoms. The highest BCUT2D eigenvalue weighted by Gasteiger charge is 2.42. The molecular formula is C18H20O4. The minimum Gasteiger partial charge on any atom is -0.508 e. The van der Waals surface area contributed by atoms with Crippen LogP contribution >= 0.6 is 0 Å². The Morgan fingerprint density at radius 3 is 1.68 bits per heavy atom. The summed E-state index contributed by atoms with van der Waals surface area (Å²) in [6.07, 6.45) is 1.34. The first-order valence-electron chi connectivity index (χ1n) is 7.22. The Morgan fingerprint density at radius 1 is 0.955 bits per heavy atom. The average molecular weight is 300 g/mol. The van der Waals surface area contributed by atoms with E-state index in [1.54, 1.807) is 48.5 Å². The molecule has 0 radical (unpaired) electrons. The molecule has 0 aliphatic heterocycles. The summed E-state index contributed by atoms with van der Waals surface area (Å²) in [5.74, 6) is -0.0693. The Morgan fingerprint density at radius 2 is 1.36 bits per heavy atom. The molecule has 2 N–H and O–H groups in total. The van der Waals surface area contributed by atoms with Crippen LogP contribution in [0.2, 0.25) is 0 Å². The minimum absolute atomic E-state index is 0.143. The second-order valence-electron chi connectivity index (χ2n) is 5.24. The van der Waals surface area contributed by atoms with Crippen LogP contribution in [-0.2, 0) is 14.9 Å². The summed E-state index contributed by atoms with van der Waals surface area (Å²) in [6.45, 7) is 2.00. The normalized spacial score (nSPS) is 11.2. The fourth-order valence-corrected chi connectivity index (χ4v) is 2.83. The number of ether oxygens (including phenoxy) is 1. The third kappa shape index (κ3) is 2.77. The van der Waals surface area contributed by atoms with E-state index in [0.717, 1.165) is 17.5 Å². The number of hydrogen-bond acceptors (Lipinski definition) is 4. The predicted octanol–water partition coefficient (Wildman–Crippen LogP) is 3.36. The third-order valence-corrected chi connectivity index (χ3v) is 3.88. The Kier molecular flexibility index (Phi) is 4.71. The van der Waals surface area contributed by atoms with E-state index in [9.17, 15) is 15.0 Å². The average Bonchev–Trinajstić information content (AvgIpc) is 2.54. The Hall–Kier alpha value is -2.49. The minimum atomic E-state index is -0.953. The van der Waals surface area contributed by atoms with Crippen LogP contribution in [0, 0.1) is 0 Å². The van der Waals surface area contributed by atoms with Crippen molar-refractivity contribution >= 4 is 5.97 Å². The van der Waals surface area contributed by atoms with Gasteiger partial charge in [0.2, 0.25) is 0 Å². The van der Waals surface area contributed by atoms with Gasteiger partial charge in [0.15, 0.2) is 0 Å². The molecular weight excluding hydrogens is 280 g/mol. The van der Waals surface area contributed by atoms with Crippen molar-refractivity contribution in [1.29, 1.82) is 0 Å². The van der Waals surface area contributed by atoms with Gasteiger partial charge in [-0.25, -0.2) is 0 Å². The summed E-state index contributed by atoms with van der Waals surface area (Å²) < 4.78 is 5.07. The number of carbonyl (C=O) groups excluding carboxylic acids is 1. The summed E-state index contributed by atoms with van der Waals surface area (Å²) in [5.41, 5.74) is 0.555. The lowest BCUT2D eigenvalue weighted by Gasteiger charge is -2.32. The van der Waals surface area contributed by atoms with Crippen LogP contribution < -0.4 is 0 Å². The number of benzene rings is 2. The number of esters is 1. The molecule has 0 amide bonds. The number of rotatable bonds is 5. The van der Waals surface area contributed by atoms with Crippen molar-refractivity contribution in [2.45, 2.75) is 25.2 Å². The molecule has 2 aromatic rings. The summed E-state index contributed by atoms with van der Waals surface area (Å²) in [5, 5.41) is 19.0. The van der Waals surface area contributed by atoms with Crippen molar-refractivity contribution in [3.05, 3.63) is 59.7 Å². The number of phenolic OH excluding ortho intramolecular Hbond substituents is 2. The van der Waals surface area contributed by atoms with Gasteiger partial charge in [-0.05, 0) is 41.8 Å². The number of hydrogen-bond donors (Lipinski definition) is 2. The summed E-state index contributed by atoms with van der Waals surface area (Å²) in [4.78, 5) is 12.6. The van der Waals surface area contributed by atoms with Crippen LogP contribution in [-0.4, -0.2) is 23.3 Å². The van der Waals surface area contributed by atoms with Crippen molar-refractivity contribution in [3.8, 4) is 11.5 Å². The van der Waals surface area contributed by atoms with E-state index in [1.165, 1.54) is 7.11 Å². The predicted molar refractivity (Wildman–Crippen MR) is 83.9 cm³/mol.